The number of carbonyl (C=O) groups excluding carboxylic acids is 2. The van der Waals surface area contributed by atoms with Crippen LogP contribution < -0.4 is 5.32 Å². The molecule has 176 valence electrons. The van der Waals surface area contributed by atoms with E-state index in [1.54, 1.807) is 12.3 Å². The second kappa shape index (κ2) is 10.6. The number of anilines is 1. The quantitative estimate of drug-likeness (QED) is 0.410. The second-order valence-corrected chi connectivity index (χ2v) is 9.84. The standard InChI is InChI=1S/C25H25N3O5S/c29-23(18-33-24(30)14-9-20-7-4-6-19-8-5-15-26-25(19)20)27-21-10-12-22(13-11-21)34(31,32)28-16-2-1-3-17-28/h4-15H,1-3,16-18H2,(H,27,29)/b14-9+. The zero-order chi connectivity index (χ0) is 24.0. The number of piperidine rings is 1. The Labute approximate surface area is 198 Å². The van der Waals surface area contributed by atoms with E-state index in [4.69, 9.17) is 4.74 Å². The average Bonchev–Trinajstić information content (AvgIpc) is 2.87. The molecule has 1 aliphatic heterocycles. The maximum absolute atomic E-state index is 12.7. The van der Waals surface area contributed by atoms with Crippen LogP contribution in [0.1, 0.15) is 24.8 Å². The summed E-state index contributed by atoms with van der Waals surface area (Å²) in [6, 6.07) is 15.4. The number of amides is 1. The van der Waals surface area contributed by atoms with Crippen molar-refractivity contribution in [2.45, 2.75) is 24.2 Å². The summed E-state index contributed by atoms with van der Waals surface area (Å²) in [5, 5.41) is 3.55. The number of nitrogens with zero attached hydrogens (tertiary/aromatic N) is 2. The van der Waals surface area contributed by atoms with Gasteiger partial charge in [0.2, 0.25) is 10.0 Å². The molecule has 8 nitrogen and oxygen atoms in total. The van der Waals surface area contributed by atoms with Crippen LogP contribution in [0.25, 0.3) is 17.0 Å². The van der Waals surface area contributed by atoms with E-state index in [1.165, 1.54) is 34.6 Å². The van der Waals surface area contributed by atoms with Crippen LogP contribution in [-0.2, 0) is 24.3 Å². The lowest BCUT2D eigenvalue weighted by Gasteiger charge is -2.25. The first-order valence-electron chi connectivity index (χ1n) is 11.0. The zero-order valence-electron chi connectivity index (χ0n) is 18.5. The number of fused-ring (bicyclic) bond motifs is 1. The van der Waals surface area contributed by atoms with Crippen molar-refractivity contribution in [3.63, 3.8) is 0 Å². The third-order valence-electron chi connectivity index (χ3n) is 5.50. The van der Waals surface area contributed by atoms with Gasteiger partial charge in [0.15, 0.2) is 6.61 Å². The molecule has 1 aromatic heterocycles. The third-order valence-corrected chi connectivity index (χ3v) is 7.41. The lowest BCUT2D eigenvalue weighted by atomic mass is 10.1. The zero-order valence-corrected chi connectivity index (χ0v) is 19.3. The van der Waals surface area contributed by atoms with Crippen LogP contribution >= 0.6 is 0 Å². The van der Waals surface area contributed by atoms with Crippen molar-refractivity contribution in [3.8, 4) is 0 Å². The van der Waals surface area contributed by atoms with E-state index < -0.39 is 28.5 Å². The van der Waals surface area contributed by atoms with Crippen molar-refractivity contribution in [1.82, 2.24) is 9.29 Å². The van der Waals surface area contributed by atoms with Crippen LogP contribution in [0.15, 0.2) is 71.8 Å². The van der Waals surface area contributed by atoms with Crippen LogP contribution in [-0.4, -0.2) is 49.3 Å². The summed E-state index contributed by atoms with van der Waals surface area (Å²) in [6.45, 7) is 0.583. The highest BCUT2D eigenvalue weighted by molar-refractivity contribution is 7.89. The van der Waals surface area contributed by atoms with Gasteiger partial charge >= 0.3 is 5.97 Å². The van der Waals surface area contributed by atoms with Crippen LogP contribution in [0.3, 0.4) is 0 Å². The average molecular weight is 480 g/mol. The van der Waals surface area contributed by atoms with E-state index in [-0.39, 0.29) is 4.90 Å². The molecular formula is C25H25N3O5S. The molecule has 0 unspecified atom stereocenters. The summed E-state index contributed by atoms with van der Waals surface area (Å²) in [5.74, 6) is -1.19. The number of aromatic nitrogens is 1. The fraction of sp³-hybridized carbons (Fsp3) is 0.240. The number of ether oxygens (including phenoxy) is 1. The van der Waals surface area contributed by atoms with Gasteiger partial charge in [-0.3, -0.25) is 9.78 Å². The molecule has 0 bridgehead atoms. The van der Waals surface area contributed by atoms with Crippen molar-refractivity contribution >= 4 is 44.6 Å². The van der Waals surface area contributed by atoms with Gasteiger partial charge in [-0.15, -0.1) is 0 Å². The number of benzene rings is 2. The van der Waals surface area contributed by atoms with Crippen LogP contribution in [0.5, 0.6) is 0 Å². The number of para-hydroxylation sites is 1. The van der Waals surface area contributed by atoms with E-state index in [9.17, 15) is 18.0 Å². The SMILES string of the molecule is O=C(COC(=O)/C=C/c1cccc2cccnc12)Nc1ccc(S(=O)(=O)N2CCCCC2)cc1. The number of hydrogen-bond acceptors (Lipinski definition) is 6. The van der Waals surface area contributed by atoms with Gasteiger partial charge in [0.25, 0.3) is 5.91 Å². The molecule has 0 aliphatic carbocycles. The summed E-state index contributed by atoms with van der Waals surface area (Å²) in [4.78, 5) is 28.7. The molecule has 1 fully saturated rings. The Bertz CT molecular complexity index is 1310. The van der Waals surface area contributed by atoms with Gasteiger partial charge in [-0.2, -0.15) is 4.31 Å². The highest BCUT2D eigenvalue weighted by Crippen LogP contribution is 2.22. The minimum atomic E-state index is -3.53. The fourth-order valence-corrected chi connectivity index (χ4v) is 5.28. The van der Waals surface area contributed by atoms with E-state index in [1.807, 2.05) is 30.3 Å². The lowest BCUT2D eigenvalue weighted by Crippen LogP contribution is -2.35. The lowest BCUT2D eigenvalue weighted by molar-refractivity contribution is -0.142. The first-order valence-corrected chi connectivity index (χ1v) is 12.5. The first kappa shape index (κ1) is 23.6. The Balaban J connectivity index is 1.29. The molecule has 2 aromatic carbocycles. The molecular weight excluding hydrogens is 454 g/mol. The molecule has 1 N–H and O–H groups in total. The van der Waals surface area contributed by atoms with Gasteiger partial charge in [0.1, 0.15) is 0 Å². The number of rotatable bonds is 7. The molecule has 1 aliphatic rings. The Hall–Kier alpha value is -3.56. The molecule has 9 heteroatoms. The van der Waals surface area contributed by atoms with E-state index in [0.717, 1.165) is 35.7 Å². The van der Waals surface area contributed by atoms with Gasteiger partial charge in [-0.25, -0.2) is 13.2 Å². The molecule has 34 heavy (non-hydrogen) atoms. The molecule has 0 spiro atoms. The summed E-state index contributed by atoms with van der Waals surface area (Å²) >= 11 is 0. The third kappa shape index (κ3) is 5.67. The molecule has 0 atom stereocenters. The number of sulfonamides is 1. The second-order valence-electron chi connectivity index (χ2n) is 7.90. The Kier molecular flexibility index (Phi) is 7.34. The summed E-state index contributed by atoms with van der Waals surface area (Å²) in [7, 11) is -3.53. The molecule has 2 heterocycles. The molecule has 1 amide bonds. The number of carbonyl (C=O) groups is 2. The maximum Gasteiger partial charge on any atom is 0.331 e. The topological polar surface area (TPSA) is 106 Å². The van der Waals surface area contributed by atoms with Crippen molar-refractivity contribution in [2.75, 3.05) is 25.0 Å². The highest BCUT2D eigenvalue weighted by atomic mass is 32.2. The number of hydrogen-bond donors (Lipinski definition) is 1. The fourth-order valence-electron chi connectivity index (χ4n) is 3.77. The summed E-state index contributed by atoms with van der Waals surface area (Å²) < 4.78 is 31.9. The summed E-state index contributed by atoms with van der Waals surface area (Å²) in [6.07, 6.45) is 7.28. The number of esters is 1. The van der Waals surface area contributed by atoms with Gasteiger partial charge in [-0.05, 0) is 49.2 Å². The number of pyridine rings is 1. The number of nitrogens with one attached hydrogen (secondary N) is 1. The minimum absolute atomic E-state index is 0.187. The van der Waals surface area contributed by atoms with Gasteiger partial charge in [-0.1, -0.05) is 30.7 Å². The van der Waals surface area contributed by atoms with Gasteiger partial charge in [0.05, 0.1) is 10.4 Å². The molecule has 1 saturated heterocycles. The van der Waals surface area contributed by atoms with Crippen molar-refractivity contribution in [3.05, 3.63) is 72.4 Å². The van der Waals surface area contributed by atoms with Gasteiger partial charge in [0, 0.05) is 42.0 Å². The van der Waals surface area contributed by atoms with Crippen LogP contribution in [0, 0.1) is 0 Å². The highest BCUT2D eigenvalue weighted by Gasteiger charge is 2.25. The first-order chi connectivity index (χ1) is 16.4. The normalized spacial score (nSPS) is 14.8. The van der Waals surface area contributed by atoms with Crippen LogP contribution in [0.4, 0.5) is 5.69 Å². The molecule has 4 rings (SSSR count). The van der Waals surface area contributed by atoms with Crippen molar-refractivity contribution in [2.24, 2.45) is 0 Å². The smallest absolute Gasteiger partial charge is 0.331 e. The Morgan fingerprint density at radius 1 is 1.00 bits per heavy atom. The largest absolute Gasteiger partial charge is 0.452 e. The molecule has 0 radical (unpaired) electrons. The monoisotopic (exact) mass is 479 g/mol. The Morgan fingerprint density at radius 2 is 1.74 bits per heavy atom. The predicted molar refractivity (Wildman–Crippen MR) is 129 cm³/mol. The van der Waals surface area contributed by atoms with Gasteiger partial charge < -0.3 is 10.1 Å². The summed E-state index contributed by atoms with van der Waals surface area (Å²) in [5.41, 5.74) is 1.94. The predicted octanol–water partition coefficient (Wildman–Crippen LogP) is 3.60. The molecule has 3 aromatic rings. The van der Waals surface area contributed by atoms with Crippen LogP contribution in [0.2, 0.25) is 0 Å². The minimum Gasteiger partial charge on any atom is -0.452 e. The molecule has 0 saturated carbocycles. The van der Waals surface area contributed by atoms with Crippen molar-refractivity contribution in [1.29, 1.82) is 0 Å². The van der Waals surface area contributed by atoms with Crippen molar-refractivity contribution < 1.29 is 22.7 Å². The Morgan fingerprint density at radius 3 is 2.50 bits per heavy atom. The van der Waals surface area contributed by atoms with E-state index in [2.05, 4.69) is 10.3 Å². The van der Waals surface area contributed by atoms with E-state index >= 15 is 0 Å². The maximum atomic E-state index is 12.7. The van der Waals surface area contributed by atoms with E-state index in [0.29, 0.717) is 18.8 Å².